The van der Waals surface area contributed by atoms with Gasteiger partial charge in [-0.05, 0) is 25.0 Å². The summed E-state index contributed by atoms with van der Waals surface area (Å²) in [5, 5.41) is 9.04. The molecule has 2 fully saturated rings. The van der Waals surface area contributed by atoms with E-state index in [1.54, 1.807) is 11.0 Å². The van der Waals surface area contributed by atoms with Gasteiger partial charge >= 0.3 is 6.09 Å². The molecule has 156 valence electrons. The fourth-order valence-corrected chi connectivity index (χ4v) is 4.97. The van der Waals surface area contributed by atoms with Crippen LogP contribution in [-0.4, -0.2) is 79.0 Å². The van der Waals surface area contributed by atoms with Crippen LogP contribution in [0.25, 0.3) is 0 Å². The summed E-state index contributed by atoms with van der Waals surface area (Å²) in [5.41, 5.74) is 0. The van der Waals surface area contributed by atoms with Crippen LogP contribution in [0.5, 0.6) is 0 Å². The third-order valence-corrected chi connectivity index (χ3v) is 7.33. The first-order valence-corrected chi connectivity index (χ1v) is 10.6. The fourth-order valence-electron chi connectivity index (χ4n) is 3.55. The van der Waals surface area contributed by atoms with Crippen molar-refractivity contribution in [2.45, 2.75) is 42.5 Å². The Morgan fingerprint density at radius 2 is 1.82 bits per heavy atom. The van der Waals surface area contributed by atoms with E-state index in [4.69, 9.17) is 5.11 Å². The van der Waals surface area contributed by atoms with Crippen molar-refractivity contribution >= 4 is 21.9 Å². The van der Waals surface area contributed by atoms with Crippen molar-refractivity contribution in [1.82, 2.24) is 14.2 Å². The van der Waals surface area contributed by atoms with Crippen LogP contribution in [-0.2, 0) is 10.0 Å². The molecule has 0 unspecified atom stereocenters. The first kappa shape index (κ1) is 20.7. The lowest BCUT2D eigenvalue weighted by Gasteiger charge is -2.35. The van der Waals surface area contributed by atoms with E-state index in [1.165, 1.54) is 28.5 Å². The standard InChI is InChI=1S/C17H24F2N4O4S/c1-21(16(24)25)13-4-8-23(9-5-13)28(26,27)14-2-3-15(20-12-14)22-10-6-17(18,19)7-11-22/h2-3,12-13H,4-11H2,1H3,(H,24,25). The summed E-state index contributed by atoms with van der Waals surface area (Å²) in [5.74, 6) is -2.17. The third kappa shape index (κ3) is 4.35. The number of aromatic nitrogens is 1. The number of halogens is 2. The van der Waals surface area contributed by atoms with Gasteiger partial charge in [0, 0.05) is 58.3 Å². The summed E-state index contributed by atoms with van der Waals surface area (Å²) in [6.07, 6.45) is 0.595. The molecule has 0 saturated carbocycles. The highest BCUT2D eigenvalue weighted by molar-refractivity contribution is 7.89. The quantitative estimate of drug-likeness (QED) is 0.805. The van der Waals surface area contributed by atoms with Gasteiger partial charge in [-0.15, -0.1) is 0 Å². The van der Waals surface area contributed by atoms with Gasteiger partial charge in [-0.2, -0.15) is 4.31 Å². The van der Waals surface area contributed by atoms with Gasteiger partial charge < -0.3 is 14.9 Å². The minimum atomic E-state index is -3.73. The predicted octanol–water partition coefficient (Wildman–Crippen LogP) is 2.08. The van der Waals surface area contributed by atoms with Crippen molar-refractivity contribution in [1.29, 1.82) is 0 Å². The number of anilines is 1. The Bertz CT molecular complexity index is 801. The Kier molecular flexibility index (Phi) is 5.76. The molecule has 0 bridgehead atoms. The number of alkyl halides is 2. The Morgan fingerprint density at radius 1 is 1.21 bits per heavy atom. The van der Waals surface area contributed by atoms with Crippen molar-refractivity contribution in [2.24, 2.45) is 0 Å². The molecular formula is C17H24F2N4O4S. The van der Waals surface area contributed by atoms with E-state index in [2.05, 4.69) is 4.98 Å². The molecule has 3 rings (SSSR count). The summed E-state index contributed by atoms with van der Waals surface area (Å²) >= 11 is 0. The van der Waals surface area contributed by atoms with Crippen LogP contribution in [0.1, 0.15) is 25.7 Å². The largest absolute Gasteiger partial charge is 0.465 e. The minimum Gasteiger partial charge on any atom is -0.465 e. The number of carboxylic acid groups (broad SMARTS) is 1. The monoisotopic (exact) mass is 418 g/mol. The van der Waals surface area contributed by atoms with E-state index in [1.807, 2.05) is 0 Å². The van der Waals surface area contributed by atoms with E-state index >= 15 is 0 Å². The number of sulfonamides is 1. The van der Waals surface area contributed by atoms with Crippen LogP contribution < -0.4 is 4.90 Å². The summed E-state index contributed by atoms with van der Waals surface area (Å²) in [7, 11) is -2.25. The summed E-state index contributed by atoms with van der Waals surface area (Å²) < 4.78 is 53.5. The lowest BCUT2D eigenvalue weighted by Crippen LogP contribution is -2.46. The molecule has 0 spiro atoms. The highest BCUT2D eigenvalue weighted by Gasteiger charge is 2.35. The zero-order valence-electron chi connectivity index (χ0n) is 15.6. The highest BCUT2D eigenvalue weighted by atomic mass is 32.2. The Hall–Kier alpha value is -2.01. The van der Waals surface area contributed by atoms with Gasteiger partial charge in [0.15, 0.2) is 0 Å². The second kappa shape index (κ2) is 7.78. The number of hydrogen-bond donors (Lipinski definition) is 1. The maximum atomic E-state index is 13.3. The zero-order valence-corrected chi connectivity index (χ0v) is 16.4. The van der Waals surface area contributed by atoms with Crippen molar-refractivity contribution < 1.29 is 27.1 Å². The normalized spacial score (nSPS) is 21.5. The van der Waals surface area contributed by atoms with Gasteiger partial charge in [-0.1, -0.05) is 0 Å². The average Bonchev–Trinajstić information content (AvgIpc) is 2.67. The number of rotatable bonds is 4. The van der Waals surface area contributed by atoms with Gasteiger partial charge in [-0.3, -0.25) is 0 Å². The van der Waals surface area contributed by atoms with E-state index in [0.29, 0.717) is 18.7 Å². The van der Waals surface area contributed by atoms with Gasteiger partial charge in [-0.25, -0.2) is 27.0 Å². The molecule has 3 heterocycles. The number of amides is 1. The summed E-state index contributed by atoms with van der Waals surface area (Å²) in [6, 6.07) is 2.78. The van der Waals surface area contributed by atoms with Crippen LogP contribution in [0.15, 0.2) is 23.2 Å². The van der Waals surface area contributed by atoms with E-state index < -0.39 is 22.0 Å². The Morgan fingerprint density at radius 3 is 2.32 bits per heavy atom. The van der Waals surface area contributed by atoms with Gasteiger partial charge in [0.25, 0.3) is 5.92 Å². The molecule has 8 nitrogen and oxygen atoms in total. The number of hydrogen-bond acceptors (Lipinski definition) is 5. The molecule has 1 aromatic heterocycles. The first-order chi connectivity index (χ1) is 13.1. The molecule has 0 aromatic carbocycles. The van der Waals surface area contributed by atoms with Crippen molar-refractivity contribution in [3.8, 4) is 0 Å². The molecule has 2 aliphatic heterocycles. The van der Waals surface area contributed by atoms with Crippen LogP contribution in [0.4, 0.5) is 19.4 Å². The molecule has 0 atom stereocenters. The predicted molar refractivity (Wildman–Crippen MR) is 98.2 cm³/mol. The van der Waals surface area contributed by atoms with Gasteiger partial charge in [0.1, 0.15) is 10.7 Å². The Labute approximate surface area is 162 Å². The lowest BCUT2D eigenvalue weighted by atomic mass is 10.1. The first-order valence-electron chi connectivity index (χ1n) is 9.15. The maximum Gasteiger partial charge on any atom is 0.407 e. The molecule has 11 heteroatoms. The number of piperidine rings is 2. The van der Waals surface area contributed by atoms with E-state index in [9.17, 15) is 22.0 Å². The van der Waals surface area contributed by atoms with Crippen LogP contribution in [0, 0.1) is 0 Å². The second-order valence-corrected chi connectivity index (χ2v) is 9.16. The van der Waals surface area contributed by atoms with Crippen molar-refractivity contribution in [2.75, 3.05) is 38.1 Å². The average molecular weight is 418 g/mol. The van der Waals surface area contributed by atoms with Crippen LogP contribution in [0.2, 0.25) is 0 Å². The second-order valence-electron chi connectivity index (χ2n) is 7.22. The number of carbonyl (C=O) groups is 1. The molecular weight excluding hydrogens is 394 g/mol. The lowest BCUT2D eigenvalue weighted by molar-refractivity contribution is -0.0221. The molecule has 28 heavy (non-hydrogen) atoms. The molecule has 1 aromatic rings. The fraction of sp³-hybridized carbons (Fsp3) is 0.647. The maximum absolute atomic E-state index is 13.3. The van der Waals surface area contributed by atoms with Gasteiger partial charge in [0.05, 0.1) is 0 Å². The van der Waals surface area contributed by atoms with Crippen molar-refractivity contribution in [3.05, 3.63) is 18.3 Å². The summed E-state index contributed by atoms with van der Waals surface area (Å²) in [4.78, 5) is 18.2. The van der Waals surface area contributed by atoms with Crippen LogP contribution in [0.3, 0.4) is 0 Å². The summed E-state index contributed by atoms with van der Waals surface area (Å²) in [6.45, 7) is 0.814. The van der Waals surface area contributed by atoms with Crippen LogP contribution >= 0.6 is 0 Å². The van der Waals surface area contributed by atoms with Crippen molar-refractivity contribution in [3.63, 3.8) is 0 Å². The molecule has 2 saturated heterocycles. The van der Waals surface area contributed by atoms with E-state index in [0.717, 1.165) is 0 Å². The molecule has 0 aliphatic carbocycles. The number of pyridine rings is 1. The number of nitrogens with zero attached hydrogens (tertiary/aromatic N) is 4. The molecule has 1 amide bonds. The van der Waals surface area contributed by atoms with E-state index in [-0.39, 0.29) is 50.0 Å². The molecule has 1 N–H and O–H groups in total. The topological polar surface area (TPSA) is 94.1 Å². The SMILES string of the molecule is CN(C(=O)O)C1CCN(S(=O)(=O)c2ccc(N3CCC(F)(F)CC3)nc2)CC1. The molecule has 2 aliphatic rings. The Balaban J connectivity index is 1.64. The molecule has 0 radical (unpaired) electrons. The minimum absolute atomic E-state index is 0.0450. The zero-order chi connectivity index (χ0) is 20.5. The van der Waals surface area contributed by atoms with Gasteiger partial charge in [0.2, 0.25) is 10.0 Å². The highest BCUT2D eigenvalue weighted by Crippen LogP contribution is 2.30. The third-order valence-electron chi connectivity index (χ3n) is 5.45. The smallest absolute Gasteiger partial charge is 0.407 e.